The lowest BCUT2D eigenvalue weighted by Crippen LogP contribution is -2.40. The molecule has 1 atom stereocenters. The summed E-state index contributed by atoms with van der Waals surface area (Å²) in [6.07, 6.45) is 4.15. The fraction of sp³-hybridized carbons (Fsp3) is 0.611. The minimum absolute atomic E-state index is 0.387. The zero-order valence-electron chi connectivity index (χ0n) is 15.5. The molecule has 0 radical (unpaired) electrons. The van der Waals surface area contributed by atoms with Crippen LogP contribution >= 0.6 is 0 Å². The van der Waals surface area contributed by atoms with Gasteiger partial charge in [-0.15, -0.1) is 0 Å². The number of carboxylic acid groups (broad SMARTS) is 1. The van der Waals surface area contributed by atoms with E-state index in [9.17, 15) is 9.59 Å². The Labute approximate surface area is 149 Å². The second-order valence-corrected chi connectivity index (χ2v) is 6.87. The number of ether oxygens (including phenoxy) is 1. The van der Waals surface area contributed by atoms with Gasteiger partial charge in [0.2, 0.25) is 0 Å². The molecule has 0 spiro atoms. The van der Waals surface area contributed by atoms with Gasteiger partial charge in [-0.2, -0.15) is 0 Å². The quantitative estimate of drug-likeness (QED) is 0.665. The predicted molar refractivity (Wildman–Crippen MR) is 95.2 cm³/mol. The van der Waals surface area contributed by atoms with Crippen LogP contribution in [0.2, 0.25) is 0 Å². The van der Waals surface area contributed by atoms with Gasteiger partial charge in [-0.3, -0.25) is 9.78 Å². The van der Waals surface area contributed by atoms with Gasteiger partial charge in [-0.25, -0.2) is 4.79 Å². The molecule has 1 aromatic rings. The van der Waals surface area contributed by atoms with Crippen molar-refractivity contribution in [2.24, 2.45) is 0 Å². The van der Waals surface area contributed by atoms with E-state index in [1.165, 1.54) is 0 Å². The van der Waals surface area contributed by atoms with Crippen LogP contribution in [-0.4, -0.2) is 51.8 Å². The van der Waals surface area contributed by atoms with Crippen LogP contribution in [0.15, 0.2) is 24.5 Å². The number of amides is 1. The van der Waals surface area contributed by atoms with Crippen LogP contribution in [0.5, 0.6) is 0 Å². The fourth-order valence-electron chi connectivity index (χ4n) is 2.23. The number of hydrogen-bond acceptors (Lipinski definition) is 5. The number of pyridine rings is 1. The van der Waals surface area contributed by atoms with Crippen molar-refractivity contribution in [3.8, 4) is 0 Å². The highest BCUT2D eigenvalue weighted by atomic mass is 16.6. The number of aliphatic carboxylic acids is 1. The first-order chi connectivity index (χ1) is 11.7. The Balaban J connectivity index is 2.61. The molecule has 1 rings (SSSR count). The third-order valence-corrected chi connectivity index (χ3v) is 3.45. The van der Waals surface area contributed by atoms with Crippen LogP contribution < -0.4 is 5.32 Å². The number of carbonyl (C=O) groups is 2. The van der Waals surface area contributed by atoms with Crippen molar-refractivity contribution in [2.75, 3.05) is 13.1 Å². The van der Waals surface area contributed by atoms with Gasteiger partial charge in [0.1, 0.15) is 11.6 Å². The predicted octanol–water partition coefficient (Wildman–Crippen LogP) is 2.66. The number of nitrogens with one attached hydrogen (secondary N) is 1. The Morgan fingerprint density at radius 2 is 2.12 bits per heavy atom. The molecule has 0 bridgehead atoms. The van der Waals surface area contributed by atoms with Gasteiger partial charge in [0, 0.05) is 18.9 Å². The van der Waals surface area contributed by atoms with Crippen LogP contribution in [0.3, 0.4) is 0 Å². The van der Waals surface area contributed by atoms with E-state index in [1.54, 1.807) is 17.3 Å². The van der Waals surface area contributed by atoms with E-state index in [1.807, 2.05) is 39.8 Å². The van der Waals surface area contributed by atoms with Crippen molar-refractivity contribution in [1.82, 2.24) is 15.2 Å². The molecule has 25 heavy (non-hydrogen) atoms. The summed E-state index contributed by atoms with van der Waals surface area (Å²) in [4.78, 5) is 29.1. The summed E-state index contributed by atoms with van der Waals surface area (Å²) in [7, 11) is 0. The molecular formula is C18H29N3O4. The zero-order valence-corrected chi connectivity index (χ0v) is 15.5. The summed E-state index contributed by atoms with van der Waals surface area (Å²) in [5.41, 5.74) is 0.345. The normalized spacial score (nSPS) is 12.5. The summed E-state index contributed by atoms with van der Waals surface area (Å²) in [5, 5.41) is 12.0. The Morgan fingerprint density at radius 1 is 1.40 bits per heavy atom. The molecule has 0 fully saturated rings. The highest BCUT2D eigenvalue weighted by Gasteiger charge is 2.22. The zero-order chi connectivity index (χ0) is 18.9. The summed E-state index contributed by atoms with van der Waals surface area (Å²) in [6, 6.07) is 3.16. The van der Waals surface area contributed by atoms with Crippen molar-refractivity contribution < 1.29 is 19.4 Å². The third kappa shape index (κ3) is 8.49. The average molecular weight is 351 g/mol. The Bertz CT molecular complexity index is 543. The standard InChI is InChI=1S/C18H29N3O4/c1-5-15(16(22)23)20-10-7-11-21(17(24)25-18(2,3)4)13-14-8-6-9-19-12-14/h6,8-9,12,15,20H,5,7,10-11,13H2,1-4H3,(H,22,23). The van der Waals surface area contributed by atoms with Crippen molar-refractivity contribution in [1.29, 1.82) is 0 Å². The third-order valence-electron chi connectivity index (χ3n) is 3.45. The van der Waals surface area contributed by atoms with Gasteiger partial charge in [-0.1, -0.05) is 13.0 Å². The first-order valence-electron chi connectivity index (χ1n) is 8.56. The summed E-state index contributed by atoms with van der Waals surface area (Å²) in [6.45, 7) is 8.68. The molecule has 0 aromatic carbocycles. The molecule has 7 nitrogen and oxygen atoms in total. The number of hydrogen-bond donors (Lipinski definition) is 2. The SMILES string of the molecule is CCC(NCCCN(Cc1cccnc1)C(=O)OC(C)(C)C)C(=O)O. The van der Waals surface area contributed by atoms with Gasteiger partial charge >= 0.3 is 12.1 Å². The number of rotatable bonds is 9. The van der Waals surface area contributed by atoms with Crippen LogP contribution in [-0.2, 0) is 16.1 Å². The second kappa shape index (κ2) is 9.98. The molecule has 0 saturated heterocycles. The van der Waals surface area contributed by atoms with Crippen LogP contribution in [0, 0.1) is 0 Å². The number of nitrogens with zero attached hydrogens (tertiary/aromatic N) is 2. The summed E-state index contributed by atoms with van der Waals surface area (Å²) in [5.74, 6) is -0.859. The fourth-order valence-corrected chi connectivity index (χ4v) is 2.23. The largest absolute Gasteiger partial charge is 0.480 e. The first kappa shape index (κ1) is 20.9. The topological polar surface area (TPSA) is 91.8 Å². The van der Waals surface area contributed by atoms with E-state index >= 15 is 0 Å². The lowest BCUT2D eigenvalue weighted by Gasteiger charge is -2.27. The van der Waals surface area contributed by atoms with E-state index in [4.69, 9.17) is 9.84 Å². The highest BCUT2D eigenvalue weighted by Crippen LogP contribution is 2.12. The molecule has 1 amide bonds. The van der Waals surface area contributed by atoms with Gasteiger partial charge in [0.05, 0.1) is 6.54 Å². The molecule has 140 valence electrons. The van der Waals surface area contributed by atoms with Crippen molar-refractivity contribution in [2.45, 2.75) is 58.7 Å². The Hall–Kier alpha value is -2.15. The van der Waals surface area contributed by atoms with Crippen LogP contribution in [0.4, 0.5) is 4.79 Å². The molecule has 2 N–H and O–H groups in total. The Morgan fingerprint density at radius 3 is 2.64 bits per heavy atom. The lowest BCUT2D eigenvalue weighted by atomic mass is 10.2. The van der Waals surface area contributed by atoms with Gasteiger partial charge in [-0.05, 0) is 51.8 Å². The minimum Gasteiger partial charge on any atom is -0.480 e. The average Bonchev–Trinajstić information content (AvgIpc) is 2.52. The van der Waals surface area contributed by atoms with E-state index in [0.717, 1.165) is 5.56 Å². The highest BCUT2D eigenvalue weighted by molar-refractivity contribution is 5.73. The first-order valence-corrected chi connectivity index (χ1v) is 8.56. The molecular weight excluding hydrogens is 322 g/mol. The lowest BCUT2D eigenvalue weighted by molar-refractivity contribution is -0.139. The monoisotopic (exact) mass is 351 g/mol. The molecule has 0 saturated carbocycles. The van der Waals surface area contributed by atoms with Crippen molar-refractivity contribution in [3.63, 3.8) is 0 Å². The maximum Gasteiger partial charge on any atom is 0.410 e. The van der Waals surface area contributed by atoms with Crippen molar-refractivity contribution >= 4 is 12.1 Å². The number of carbonyl (C=O) groups excluding carboxylic acids is 1. The van der Waals surface area contributed by atoms with E-state index in [2.05, 4.69) is 10.3 Å². The summed E-state index contributed by atoms with van der Waals surface area (Å²) >= 11 is 0. The minimum atomic E-state index is -0.859. The van der Waals surface area contributed by atoms with Gasteiger partial charge < -0.3 is 20.1 Å². The van der Waals surface area contributed by atoms with Gasteiger partial charge in [0.25, 0.3) is 0 Å². The molecule has 0 aliphatic rings. The number of carboxylic acids is 1. The summed E-state index contributed by atoms with van der Waals surface area (Å²) < 4.78 is 5.46. The molecule has 1 aromatic heterocycles. The van der Waals surface area contributed by atoms with Gasteiger partial charge in [0.15, 0.2) is 0 Å². The molecule has 7 heteroatoms. The maximum absolute atomic E-state index is 12.4. The van der Waals surface area contributed by atoms with E-state index < -0.39 is 17.6 Å². The molecule has 1 heterocycles. The number of aromatic nitrogens is 1. The molecule has 1 unspecified atom stereocenters. The van der Waals surface area contributed by atoms with Crippen molar-refractivity contribution in [3.05, 3.63) is 30.1 Å². The van der Waals surface area contributed by atoms with Crippen LogP contribution in [0.25, 0.3) is 0 Å². The maximum atomic E-state index is 12.4. The van der Waals surface area contributed by atoms with Crippen LogP contribution in [0.1, 0.15) is 46.1 Å². The second-order valence-electron chi connectivity index (χ2n) is 6.87. The van der Waals surface area contributed by atoms with E-state index in [-0.39, 0.29) is 6.09 Å². The smallest absolute Gasteiger partial charge is 0.410 e. The molecule has 0 aliphatic heterocycles. The van der Waals surface area contributed by atoms with E-state index in [0.29, 0.717) is 32.5 Å². The Kier molecular flexibility index (Phi) is 8.34. The molecule has 0 aliphatic carbocycles.